The molecule has 0 aromatic heterocycles. The van der Waals surface area contributed by atoms with E-state index in [2.05, 4.69) is 10.1 Å². The number of hydrogen-bond donors (Lipinski definition) is 1. The Hall–Kier alpha value is -3.16. The average molecular weight is 407 g/mol. The summed E-state index contributed by atoms with van der Waals surface area (Å²) in [6.07, 6.45) is -1.15. The highest BCUT2D eigenvalue weighted by Gasteiger charge is 2.21. The molecule has 8 heteroatoms. The summed E-state index contributed by atoms with van der Waals surface area (Å²) in [6, 6.07) is 12.1. The van der Waals surface area contributed by atoms with Crippen molar-refractivity contribution in [3.63, 3.8) is 0 Å². The summed E-state index contributed by atoms with van der Waals surface area (Å²) in [4.78, 5) is 24.5. The maximum absolute atomic E-state index is 12.5. The molecule has 29 heavy (non-hydrogen) atoms. The number of nitrogens with one attached hydrogen (secondary N) is 1. The van der Waals surface area contributed by atoms with Crippen LogP contribution in [0.5, 0.6) is 11.5 Å². The van der Waals surface area contributed by atoms with Crippen LogP contribution in [0.4, 0.5) is 14.5 Å². The number of esters is 1. The van der Waals surface area contributed by atoms with E-state index in [0.29, 0.717) is 18.3 Å². The van der Waals surface area contributed by atoms with Gasteiger partial charge in [-0.15, -0.1) is 0 Å². The summed E-state index contributed by atoms with van der Waals surface area (Å²) >= 11 is 0. The number of rotatable bonds is 9. The molecule has 0 heterocycles. The van der Waals surface area contributed by atoms with Gasteiger partial charge in [0.2, 0.25) is 0 Å². The van der Waals surface area contributed by atoms with E-state index >= 15 is 0 Å². The predicted octanol–water partition coefficient (Wildman–Crippen LogP) is 4.51. The zero-order chi connectivity index (χ0) is 21.4. The minimum absolute atomic E-state index is 0.0485. The van der Waals surface area contributed by atoms with Crippen molar-refractivity contribution in [2.45, 2.75) is 33.5 Å². The molecule has 0 unspecified atom stereocenters. The number of carbonyl (C=O) groups excluding carboxylic acids is 2. The first-order valence-corrected chi connectivity index (χ1v) is 9.04. The lowest BCUT2D eigenvalue weighted by atomic mass is 10.2. The van der Waals surface area contributed by atoms with Crippen molar-refractivity contribution in [1.29, 1.82) is 0 Å². The van der Waals surface area contributed by atoms with Crippen LogP contribution >= 0.6 is 0 Å². The first-order valence-electron chi connectivity index (χ1n) is 9.04. The lowest BCUT2D eigenvalue weighted by molar-refractivity contribution is -0.123. The number of anilines is 1. The summed E-state index contributed by atoms with van der Waals surface area (Å²) in [5.41, 5.74) is 0.301. The second-order valence-electron chi connectivity index (χ2n) is 6.64. The molecule has 0 saturated heterocycles. The van der Waals surface area contributed by atoms with Gasteiger partial charge in [-0.3, -0.25) is 4.79 Å². The molecule has 0 spiro atoms. The SMILES string of the molecule is CC(C)COc1ccc(C(=O)O[C@@H](C)C(=O)Nc2ccccc2OC(F)F)cc1. The largest absolute Gasteiger partial charge is 0.493 e. The molecule has 2 aromatic rings. The number of alkyl halides is 2. The number of benzene rings is 2. The van der Waals surface area contributed by atoms with Gasteiger partial charge in [-0.2, -0.15) is 8.78 Å². The van der Waals surface area contributed by atoms with Gasteiger partial charge < -0.3 is 19.5 Å². The lowest BCUT2D eigenvalue weighted by Crippen LogP contribution is -2.30. The van der Waals surface area contributed by atoms with E-state index in [1.807, 2.05) is 13.8 Å². The van der Waals surface area contributed by atoms with Gasteiger partial charge in [0.25, 0.3) is 5.91 Å². The van der Waals surface area contributed by atoms with Crippen molar-refractivity contribution < 1.29 is 32.6 Å². The van der Waals surface area contributed by atoms with Gasteiger partial charge in [0.1, 0.15) is 11.5 Å². The fourth-order valence-corrected chi connectivity index (χ4v) is 2.24. The van der Waals surface area contributed by atoms with Gasteiger partial charge in [-0.05, 0) is 49.2 Å². The second-order valence-corrected chi connectivity index (χ2v) is 6.64. The highest BCUT2D eigenvalue weighted by molar-refractivity contribution is 5.98. The fraction of sp³-hybridized carbons (Fsp3) is 0.333. The number of hydrogen-bond acceptors (Lipinski definition) is 5. The van der Waals surface area contributed by atoms with Crippen molar-refractivity contribution in [1.82, 2.24) is 0 Å². The molecule has 156 valence electrons. The third-order valence-electron chi connectivity index (χ3n) is 3.69. The maximum atomic E-state index is 12.5. The van der Waals surface area contributed by atoms with E-state index in [4.69, 9.17) is 9.47 Å². The quantitative estimate of drug-likeness (QED) is 0.620. The minimum atomic E-state index is -3.03. The van der Waals surface area contributed by atoms with E-state index in [-0.39, 0.29) is 17.0 Å². The number of ether oxygens (including phenoxy) is 3. The molecule has 1 N–H and O–H groups in total. The molecule has 1 amide bonds. The third-order valence-corrected chi connectivity index (χ3v) is 3.69. The second kappa shape index (κ2) is 10.4. The van der Waals surface area contributed by atoms with E-state index in [1.54, 1.807) is 18.2 Å². The molecular formula is C21H23F2NO5. The Bertz CT molecular complexity index is 824. The number of amides is 1. The molecule has 2 rings (SSSR count). The molecule has 0 aliphatic carbocycles. The van der Waals surface area contributed by atoms with Gasteiger partial charge in [0.05, 0.1) is 17.9 Å². The first-order chi connectivity index (χ1) is 13.8. The highest BCUT2D eigenvalue weighted by atomic mass is 19.3. The Morgan fingerprint density at radius 1 is 1.00 bits per heavy atom. The zero-order valence-electron chi connectivity index (χ0n) is 16.4. The number of halogens is 2. The van der Waals surface area contributed by atoms with Crippen LogP contribution in [0, 0.1) is 5.92 Å². The van der Waals surface area contributed by atoms with E-state index in [9.17, 15) is 18.4 Å². The predicted molar refractivity (Wildman–Crippen MR) is 103 cm³/mol. The zero-order valence-corrected chi connectivity index (χ0v) is 16.4. The molecule has 0 fully saturated rings. The third kappa shape index (κ3) is 7.06. The van der Waals surface area contributed by atoms with Crippen LogP contribution in [0.2, 0.25) is 0 Å². The molecular weight excluding hydrogens is 384 g/mol. The van der Waals surface area contributed by atoms with Crippen molar-refractivity contribution in [3.05, 3.63) is 54.1 Å². The molecule has 1 atom stereocenters. The summed E-state index contributed by atoms with van der Waals surface area (Å²) < 4.78 is 40.0. The highest BCUT2D eigenvalue weighted by Crippen LogP contribution is 2.25. The van der Waals surface area contributed by atoms with Crippen LogP contribution in [0.1, 0.15) is 31.1 Å². The van der Waals surface area contributed by atoms with Crippen LogP contribution in [-0.2, 0) is 9.53 Å². The Balaban J connectivity index is 1.95. The average Bonchev–Trinajstić information content (AvgIpc) is 2.67. The molecule has 0 radical (unpaired) electrons. The standard InChI is InChI=1S/C21H23F2NO5/c1-13(2)12-27-16-10-8-15(9-11-16)20(26)28-14(3)19(25)24-17-6-4-5-7-18(17)29-21(22)23/h4-11,13-14,21H,12H2,1-3H3,(H,24,25)/t14-/m0/s1. The van der Waals surface area contributed by atoms with Crippen molar-refractivity contribution in [3.8, 4) is 11.5 Å². The van der Waals surface area contributed by atoms with Crippen molar-refractivity contribution in [2.24, 2.45) is 5.92 Å². The molecule has 6 nitrogen and oxygen atoms in total. The summed E-state index contributed by atoms with van der Waals surface area (Å²) in [5, 5.41) is 2.41. The minimum Gasteiger partial charge on any atom is -0.493 e. The lowest BCUT2D eigenvalue weighted by Gasteiger charge is -2.16. The van der Waals surface area contributed by atoms with E-state index < -0.39 is 24.6 Å². The van der Waals surface area contributed by atoms with Crippen LogP contribution in [0.25, 0.3) is 0 Å². The topological polar surface area (TPSA) is 73.9 Å². The Kier molecular flexibility index (Phi) is 7.94. The Morgan fingerprint density at radius 2 is 1.66 bits per heavy atom. The van der Waals surface area contributed by atoms with E-state index in [0.717, 1.165) is 0 Å². The number of carbonyl (C=O) groups is 2. The molecule has 0 bridgehead atoms. The van der Waals surface area contributed by atoms with Crippen LogP contribution in [-0.4, -0.2) is 31.2 Å². The maximum Gasteiger partial charge on any atom is 0.387 e. The van der Waals surface area contributed by atoms with Crippen LogP contribution in [0.15, 0.2) is 48.5 Å². The first kappa shape index (κ1) is 22.1. The number of para-hydroxylation sites is 2. The molecule has 0 aliphatic rings. The van der Waals surface area contributed by atoms with Gasteiger partial charge >= 0.3 is 12.6 Å². The van der Waals surface area contributed by atoms with Gasteiger partial charge in [0, 0.05) is 0 Å². The van der Waals surface area contributed by atoms with Crippen molar-refractivity contribution >= 4 is 17.6 Å². The van der Waals surface area contributed by atoms with Crippen LogP contribution in [0.3, 0.4) is 0 Å². The summed E-state index contributed by atoms with van der Waals surface area (Å²) in [6.45, 7) is 2.95. The normalized spacial score (nSPS) is 11.8. The molecule has 0 aliphatic heterocycles. The summed E-state index contributed by atoms with van der Waals surface area (Å²) in [7, 11) is 0. The molecule has 0 saturated carbocycles. The fourth-order valence-electron chi connectivity index (χ4n) is 2.24. The van der Waals surface area contributed by atoms with Gasteiger partial charge in [-0.25, -0.2) is 4.79 Å². The van der Waals surface area contributed by atoms with Crippen LogP contribution < -0.4 is 14.8 Å². The Morgan fingerprint density at radius 3 is 2.28 bits per heavy atom. The molecule has 2 aromatic carbocycles. The smallest absolute Gasteiger partial charge is 0.387 e. The monoisotopic (exact) mass is 407 g/mol. The summed E-state index contributed by atoms with van der Waals surface area (Å²) in [5.74, 6) is -0.570. The van der Waals surface area contributed by atoms with Gasteiger partial charge in [-0.1, -0.05) is 26.0 Å². The van der Waals surface area contributed by atoms with Gasteiger partial charge in [0.15, 0.2) is 6.10 Å². The van der Waals surface area contributed by atoms with E-state index in [1.165, 1.54) is 37.3 Å². The van der Waals surface area contributed by atoms with Crippen molar-refractivity contribution in [2.75, 3.05) is 11.9 Å². The Labute approximate surface area is 167 Å².